The molecule has 0 bridgehead atoms. The largest absolute Gasteiger partial charge is 0.326 e. The Morgan fingerprint density at radius 1 is 1.00 bits per heavy atom. The van der Waals surface area contributed by atoms with Gasteiger partial charge in [0.15, 0.2) is 5.12 Å². The van der Waals surface area contributed by atoms with E-state index in [-0.39, 0.29) is 34.3 Å². The minimum Gasteiger partial charge on any atom is -0.326 e. The molecule has 0 aliphatic rings. The minimum absolute atomic E-state index is 0.00762. The molecule has 0 unspecified atom stereocenters. The monoisotopic (exact) mass is 377 g/mol. The average Bonchev–Trinajstić information content (AvgIpc) is 2.53. The van der Waals surface area contributed by atoms with Crippen LogP contribution >= 0.6 is 11.8 Å². The number of anilines is 1. The van der Waals surface area contributed by atoms with E-state index in [0.29, 0.717) is 37.8 Å². The maximum atomic E-state index is 11.9. The molecule has 0 aliphatic carbocycles. The lowest BCUT2D eigenvalue weighted by atomic mass is 10.0. The Hall–Kier alpha value is -1.95. The third-order valence-corrected chi connectivity index (χ3v) is 4.47. The fourth-order valence-electron chi connectivity index (χ4n) is 2.34. The highest BCUT2D eigenvalue weighted by atomic mass is 32.2. The van der Waals surface area contributed by atoms with Crippen molar-refractivity contribution < 1.29 is 19.2 Å². The van der Waals surface area contributed by atoms with Gasteiger partial charge in [-0.1, -0.05) is 37.7 Å². The van der Waals surface area contributed by atoms with Crippen LogP contribution in [0.5, 0.6) is 0 Å². The van der Waals surface area contributed by atoms with Crippen LogP contribution in [-0.2, 0) is 25.6 Å². The number of carbonyl (C=O) groups excluding carboxylic acids is 4. The lowest BCUT2D eigenvalue weighted by Crippen LogP contribution is -2.12. The Balaban J connectivity index is 2.33. The molecule has 0 saturated heterocycles. The number of hydrogen-bond acceptors (Lipinski definition) is 5. The molecule has 142 valence electrons. The Bertz CT molecular complexity index is 638. The molecule has 0 spiro atoms. The lowest BCUT2D eigenvalue weighted by Gasteiger charge is -2.07. The van der Waals surface area contributed by atoms with E-state index in [1.165, 1.54) is 18.7 Å². The highest BCUT2D eigenvalue weighted by Crippen LogP contribution is 2.16. The van der Waals surface area contributed by atoms with Crippen LogP contribution in [0.1, 0.15) is 58.4 Å². The molecule has 1 aromatic rings. The zero-order valence-corrected chi connectivity index (χ0v) is 16.5. The van der Waals surface area contributed by atoms with Gasteiger partial charge in [0.25, 0.3) is 0 Å². The summed E-state index contributed by atoms with van der Waals surface area (Å²) in [5.74, 6) is -0.283. The van der Waals surface area contributed by atoms with Gasteiger partial charge >= 0.3 is 0 Å². The summed E-state index contributed by atoms with van der Waals surface area (Å²) in [6, 6.07) is 7.31. The summed E-state index contributed by atoms with van der Waals surface area (Å²) in [6.07, 6.45) is 2.17. The van der Waals surface area contributed by atoms with E-state index in [0.717, 1.165) is 5.56 Å². The molecule has 0 aliphatic heterocycles. The zero-order valence-electron chi connectivity index (χ0n) is 15.7. The Kier molecular flexibility index (Phi) is 9.88. The van der Waals surface area contributed by atoms with Crippen molar-refractivity contribution in [3.63, 3.8) is 0 Å². The maximum Gasteiger partial charge on any atom is 0.224 e. The first-order valence-corrected chi connectivity index (χ1v) is 9.73. The highest BCUT2D eigenvalue weighted by molar-refractivity contribution is 8.14. The molecule has 1 rings (SSSR count). The number of amides is 1. The van der Waals surface area contributed by atoms with Crippen LogP contribution in [0.3, 0.4) is 0 Å². The quantitative estimate of drug-likeness (QED) is 0.591. The van der Waals surface area contributed by atoms with E-state index in [1.54, 1.807) is 12.1 Å². The van der Waals surface area contributed by atoms with Crippen LogP contribution in [0.25, 0.3) is 0 Å². The van der Waals surface area contributed by atoms with Crippen LogP contribution in [0.4, 0.5) is 5.69 Å². The molecule has 1 amide bonds. The lowest BCUT2D eigenvalue weighted by molar-refractivity contribution is -0.126. The van der Waals surface area contributed by atoms with Crippen molar-refractivity contribution in [2.24, 2.45) is 0 Å². The molecule has 6 heteroatoms. The number of nitrogens with one attached hydrogen (secondary N) is 1. The van der Waals surface area contributed by atoms with Crippen LogP contribution in [0, 0.1) is 0 Å². The Morgan fingerprint density at radius 2 is 1.65 bits per heavy atom. The highest BCUT2D eigenvalue weighted by Gasteiger charge is 2.09. The van der Waals surface area contributed by atoms with Gasteiger partial charge in [-0.15, -0.1) is 0 Å². The van der Waals surface area contributed by atoms with Gasteiger partial charge in [0.05, 0.1) is 6.42 Å². The predicted octanol–water partition coefficient (Wildman–Crippen LogP) is 3.94. The molecule has 0 radical (unpaired) electrons. The van der Waals surface area contributed by atoms with Gasteiger partial charge in [-0.05, 0) is 37.5 Å². The topological polar surface area (TPSA) is 80.3 Å². The fraction of sp³-hybridized carbons (Fsp3) is 0.500. The molecule has 1 N–H and O–H groups in total. The van der Waals surface area contributed by atoms with Crippen LogP contribution < -0.4 is 5.32 Å². The number of carbonyl (C=O) groups is 4. The predicted molar refractivity (Wildman–Crippen MR) is 105 cm³/mol. The summed E-state index contributed by atoms with van der Waals surface area (Å²) in [4.78, 5) is 45.9. The summed E-state index contributed by atoms with van der Waals surface area (Å²) in [6.45, 7) is 5.35. The average molecular weight is 378 g/mol. The number of rotatable bonds is 11. The second-order valence-electron chi connectivity index (χ2n) is 6.55. The van der Waals surface area contributed by atoms with E-state index in [2.05, 4.69) is 5.32 Å². The number of ketones is 2. The first-order chi connectivity index (χ1) is 12.3. The summed E-state index contributed by atoms with van der Waals surface area (Å²) in [5.41, 5.74) is 1.67. The standard InChI is InChI=1S/C20H27NO4S/c1-14(2)26-20(25)6-4-5-19(24)21-17-10-7-16(8-11-17)9-12-18(23)13-15(3)22/h7-8,10-11,14H,4-6,9,12-13H2,1-3H3,(H,21,24). The van der Waals surface area contributed by atoms with Gasteiger partial charge in [0.1, 0.15) is 11.6 Å². The van der Waals surface area contributed by atoms with E-state index in [9.17, 15) is 19.2 Å². The summed E-state index contributed by atoms with van der Waals surface area (Å²) >= 11 is 1.31. The number of thioether (sulfide) groups is 1. The minimum atomic E-state index is -0.114. The first-order valence-electron chi connectivity index (χ1n) is 8.85. The molecule has 0 atom stereocenters. The second-order valence-corrected chi connectivity index (χ2v) is 8.19. The number of Topliss-reactive ketones (excluding diaryl/α,β-unsaturated/α-hetero) is 2. The molecular weight excluding hydrogens is 350 g/mol. The smallest absolute Gasteiger partial charge is 0.224 e. The van der Waals surface area contributed by atoms with E-state index in [1.807, 2.05) is 26.0 Å². The van der Waals surface area contributed by atoms with Crippen molar-refractivity contribution in [2.45, 2.75) is 64.5 Å². The molecule has 0 fully saturated rings. The Labute approximate surface area is 159 Å². The van der Waals surface area contributed by atoms with Gasteiger partial charge in [-0.3, -0.25) is 19.2 Å². The van der Waals surface area contributed by atoms with Crippen molar-refractivity contribution in [3.8, 4) is 0 Å². The van der Waals surface area contributed by atoms with Gasteiger partial charge in [0, 0.05) is 30.2 Å². The summed E-state index contributed by atoms with van der Waals surface area (Å²) < 4.78 is 0. The van der Waals surface area contributed by atoms with E-state index >= 15 is 0 Å². The van der Waals surface area contributed by atoms with Crippen LogP contribution in [-0.4, -0.2) is 27.8 Å². The van der Waals surface area contributed by atoms with Crippen molar-refractivity contribution in [1.29, 1.82) is 0 Å². The maximum absolute atomic E-state index is 11.9. The van der Waals surface area contributed by atoms with Gasteiger partial charge in [-0.2, -0.15) is 0 Å². The molecule has 0 heterocycles. The third kappa shape index (κ3) is 10.1. The second kappa shape index (κ2) is 11.6. The summed E-state index contributed by atoms with van der Waals surface area (Å²) in [5, 5.41) is 3.20. The summed E-state index contributed by atoms with van der Waals surface area (Å²) in [7, 11) is 0. The van der Waals surface area contributed by atoms with Gasteiger partial charge in [-0.25, -0.2) is 0 Å². The fourth-order valence-corrected chi connectivity index (χ4v) is 3.13. The van der Waals surface area contributed by atoms with Crippen molar-refractivity contribution in [1.82, 2.24) is 0 Å². The SMILES string of the molecule is CC(=O)CC(=O)CCc1ccc(NC(=O)CCCC(=O)SC(C)C)cc1. The number of hydrogen-bond donors (Lipinski definition) is 1. The van der Waals surface area contributed by atoms with Crippen molar-refractivity contribution in [3.05, 3.63) is 29.8 Å². The normalized spacial score (nSPS) is 10.6. The third-order valence-electron chi connectivity index (χ3n) is 3.53. The van der Waals surface area contributed by atoms with Crippen LogP contribution in [0.15, 0.2) is 24.3 Å². The first kappa shape index (κ1) is 22.1. The number of aryl methyl sites for hydroxylation is 1. The zero-order chi connectivity index (χ0) is 19.5. The van der Waals surface area contributed by atoms with Gasteiger partial charge in [0.2, 0.25) is 5.91 Å². The molecule has 0 aromatic heterocycles. The molecule has 5 nitrogen and oxygen atoms in total. The molecule has 0 saturated carbocycles. The van der Waals surface area contributed by atoms with Crippen molar-refractivity contribution in [2.75, 3.05) is 5.32 Å². The molecule has 1 aromatic carbocycles. The molecular formula is C20H27NO4S. The van der Waals surface area contributed by atoms with E-state index in [4.69, 9.17) is 0 Å². The van der Waals surface area contributed by atoms with Gasteiger partial charge < -0.3 is 5.32 Å². The van der Waals surface area contributed by atoms with Crippen molar-refractivity contribution >= 4 is 40.0 Å². The van der Waals surface area contributed by atoms with E-state index < -0.39 is 0 Å². The molecule has 26 heavy (non-hydrogen) atoms. The van der Waals surface area contributed by atoms with Crippen LogP contribution in [0.2, 0.25) is 0 Å². The Morgan fingerprint density at radius 3 is 2.23 bits per heavy atom. The number of benzene rings is 1.